The lowest BCUT2D eigenvalue weighted by Crippen LogP contribution is -2.10. The van der Waals surface area contributed by atoms with Gasteiger partial charge in [0.1, 0.15) is 5.82 Å². The second-order valence-electron chi connectivity index (χ2n) is 7.58. The van der Waals surface area contributed by atoms with Gasteiger partial charge in [0.05, 0.1) is 23.6 Å². The van der Waals surface area contributed by atoms with Gasteiger partial charge < -0.3 is 5.32 Å². The Morgan fingerprint density at radius 3 is 2.53 bits per heavy atom. The lowest BCUT2D eigenvalue weighted by molar-refractivity contribution is -0.111. The Bertz CT molecular complexity index is 1080. The number of aromatic nitrogens is 2. The summed E-state index contributed by atoms with van der Waals surface area (Å²) in [7, 11) is 0. The smallest absolute Gasteiger partial charge is 0.248 e. The number of aryl methyl sites for hydroxylation is 1. The van der Waals surface area contributed by atoms with Gasteiger partial charge >= 0.3 is 0 Å². The standard InChI is InChI=1S/C24H25ClFN3O/c1-15(2)19-8-5-18(6-9-19)7-12-23(30)27-24-16(3)28-29(17(24)4)14-20-10-11-21(26)13-22(20)25/h5-13,15H,14H2,1-4H3,(H,27,30)/b12-7+. The van der Waals surface area contributed by atoms with Crippen LogP contribution in [0.15, 0.2) is 48.5 Å². The van der Waals surface area contributed by atoms with Gasteiger partial charge in [0.2, 0.25) is 5.91 Å². The topological polar surface area (TPSA) is 46.9 Å². The Morgan fingerprint density at radius 2 is 1.90 bits per heavy atom. The summed E-state index contributed by atoms with van der Waals surface area (Å²) in [6.45, 7) is 8.39. The van der Waals surface area contributed by atoms with E-state index in [1.54, 1.807) is 16.8 Å². The van der Waals surface area contributed by atoms with Gasteiger partial charge in [-0.2, -0.15) is 5.10 Å². The molecule has 0 aliphatic carbocycles. The van der Waals surface area contributed by atoms with Gasteiger partial charge in [-0.05, 0) is 54.7 Å². The molecule has 3 rings (SSSR count). The van der Waals surface area contributed by atoms with Crippen molar-refractivity contribution in [2.45, 2.75) is 40.2 Å². The molecule has 0 unspecified atom stereocenters. The molecule has 2 aromatic carbocycles. The van der Waals surface area contributed by atoms with Crippen molar-refractivity contribution in [1.29, 1.82) is 0 Å². The molecule has 30 heavy (non-hydrogen) atoms. The normalized spacial score (nSPS) is 11.4. The number of hydrogen-bond donors (Lipinski definition) is 1. The molecule has 0 saturated carbocycles. The molecule has 0 radical (unpaired) electrons. The minimum atomic E-state index is -0.379. The summed E-state index contributed by atoms with van der Waals surface area (Å²) in [5.74, 6) is -0.136. The Labute approximate surface area is 181 Å². The van der Waals surface area contributed by atoms with E-state index in [1.165, 1.54) is 23.8 Å². The van der Waals surface area contributed by atoms with Crippen molar-refractivity contribution < 1.29 is 9.18 Å². The molecule has 1 N–H and O–H groups in total. The summed E-state index contributed by atoms with van der Waals surface area (Å²) in [6, 6.07) is 12.4. The highest BCUT2D eigenvalue weighted by molar-refractivity contribution is 6.31. The molecular weight excluding hydrogens is 401 g/mol. The number of benzene rings is 2. The number of amides is 1. The van der Waals surface area contributed by atoms with Crippen molar-refractivity contribution in [3.8, 4) is 0 Å². The SMILES string of the molecule is Cc1nn(Cc2ccc(F)cc2Cl)c(C)c1NC(=O)/C=C/c1ccc(C(C)C)cc1. The molecule has 0 spiro atoms. The molecule has 4 nitrogen and oxygen atoms in total. The monoisotopic (exact) mass is 425 g/mol. The maximum Gasteiger partial charge on any atom is 0.248 e. The van der Waals surface area contributed by atoms with E-state index in [1.807, 2.05) is 26.0 Å². The molecule has 1 heterocycles. The summed E-state index contributed by atoms with van der Waals surface area (Å²) in [5, 5.41) is 7.74. The average molecular weight is 426 g/mol. The molecular formula is C24H25ClFN3O. The van der Waals surface area contributed by atoms with Gasteiger partial charge in [-0.15, -0.1) is 0 Å². The predicted octanol–water partition coefficient (Wildman–Crippen LogP) is 6.12. The average Bonchev–Trinajstić information content (AvgIpc) is 2.96. The first-order valence-corrected chi connectivity index (χ1v) is 10.2. The molecule has 0 bridgehead atoms. The Morgan fingerprint density at radius 1 is 1.20 bits per heavy atom. The molecule has 0 saturated heterocycles. The lowest BCUT2D eigenvalue weighted by atomic mass is 10.0. The minimum absolute atomic E-state index is 0.228. The third-order valence-corrected chi connectivity index (χ3v) is 5.35. The van der Waals surface area contributed by atoms with Gasteiger partial charge in [-0.25, -0.2) is 4.39 Å². The van der Waals surface area contributed by atoms with Crippen LogP contribution in [0.25, 0.3) is 6.08 Å². The van der Waals surface area contributed by atoms with E-state index >= 15 is 0 Å². The summed E-state index contributed by atoms with van der Waals surface area (Å²) in [6.07, 6.45) is 3.30. The van der Waals surface area contributed by atoms with Gasteiger partial charge in [0.15, 0.2) is 0 Å². The molecule has 156 valence electrons. The van der Waals surface area contributed by atoms with Crippen LogP contribution in [0.5, 0.6) is 0 Å². The molecule has 1 amide bonds. The van der Waals surface area contributed by atoms with Crippen LogP contribution in [-0.2, 0) is 11.3 Å². The molecule has 0 fully saturated rings. The van der Waals surface area contributed by atoms with Crippen LogP contribution in [0.2, 0.25) is 5.02 Å². The zero-order valence-electron chi connectivity index (χ0n) is 17.5. The third-order valence-electron chi connectivity index (χ3n) is 5.00. The van der Waals surface area contributed by atoms with Crippen molar-refractivity contribution in [1.82, 2.24) is 9.78 Å². The summed E-state index contributed by atoms with van der Waals surface area (Å²) < 4.78 is 15.0. The molecule has 0 aliphatic rings. The molecule has 0 atom stereocenters. The molecule has 6 heteroatoms. The van der Waals surface area contributed by atoms with E-state index in [-0.39, 0.29) is 11.7 Å². The minimum Gasteiger partial charge on any atom is -0.319 e. The quantitative estimate of drug-likeness (QED) is 0.484. The van der Waals surface area contributed by atoms with Crippen LogP contribution in [0.1, 0.15) is 47.8 Å². The molecule has 3 aromatic rings. The fourth-order valence-electron chi connectivity index (χ4n) is 3.17. The maximum atomic E-state index is 13.3. The largest absolute Gasteiger partial charge is 0.319 e. The number of nitrogens with one attached hydrogen (secondary N) is 1. The summed E-state index contributed by atoms with van der Waals surface area (Å²) >= 11 is 6.13. The van der Waals surface area contributed by atoms with Crippen LogP contribution >= 0.6 is 11.6 Å². The highest BCUT2D eigenvalue weighted by Crippen LogP contribution is 2.23. The van der Waals surface area contributed by atoms with Gasteiger partial charge in [0, 0.05) is 11.1 Å². The first-order valence-electron chi connectivity index (χ1n) is 9.81. The maximum absolute atomic E-state index is 13.3. The van der Waals surface area contributed by atoms with E-state index in [9.17, 15) is 9.18 Å². The van der Waals surface area contributed by atoms with E-state index in [0.29, 0.717) is 28.9 Å². The number of halogens is 2. The van der Waals surface area contributed by atoms with E-state index in [2.05, 4.69) is 36.4 Å². The van der Waals surface area contributed by atoms with Crippen LogP contribution in [0.3, 0.4) is 0 Å². The first kappa shape index (κ1) is 21.8. The predicted molar refractivity (Wildman–Crippen MR) is 120 cm³/mol. The number of carbonyl (C=O) groups is 1. The van der Waals surface area contributed by atoms with Crippen molar-refractivity contribution in [2.75, 3.05) is 5.32 Å². The second-order valence-corrected chi connectivity index (χ2v) is 7.99. The van der Waals surface area contributed by atoms with E-state index in [0.717, 1.165) is 16.8 Å². The van der Waals surface area contributed by atoms with Gasteiger partial charge in [-0.1, -0.05) is 55.8 Å². The van der Waals surface area contributed by atoms with Crippen molar-refractivity contribution in [2.24, 2.45) is 0 Å². The van der Waals surface area contributed by atoms with Crippen molar-refractivity contribution in [3.05, 3.63) is 87.5 Å². The zero-order chi connectivity index (χ0) is 21.8. The van der Waals surface area contributed by atoms with Crippen LogP contribution in [-0.4, -0.2) is 15.7 Å². The third kappa shape index (κ3) is 5.16. The first-order chi connectivity index (χ1) is 14.2. The van der Waals surface area contributed by atoms with Crippen LogP contribution in [0, 0.1) is 19.7 Å². The van der Waals surface area contributed by atoms with Crippen molar-refractivity contribution >= 4 is 29.3 Å². The van der Waals surface area contributed by atoms with Gasteiger partial charge in [0.25, 0.3) is 0 Å². The number of nitrogens with zero attached hydrogens (tertiary/aromatic N) is 2. The van der Waals surface area contributed by atoms with Crippen LogP contribution < -0.4 is 5.32 Å². The second kappa shape index (κ2) is 9.26. The lowest BCUT2D eigenvalue weighted by Gasteiger charge is -2.08. The van der Waals surface area contributed by atoms with E-state index in [4.69, 9.17) is 11.6 Å². The number of hydrogen-bond acceptors (Lipinski definition) is 2. The van der Waals surface area contributed by atoms with Crippen LogP contribution in [0.4, 0.5) is 10.1 Å². The summed E-state index contributed by atoms with van der Waals surface area (Å²) in [4.78, 5) is 12.4. The van der Waals surface area contributed by atoms with Crippen molar-refractivity contribution in [3.63, 3.8) is 0 Å². The number of rotatable bonds is 6. The Balaban J connectivity index is 1.71. The molecule has 0 aliphatic heterocycles. The van der Waals surface area contributed by atoms with Gasteiger partial charge in [-0.3, -0.25) is 9.48 Å². The fraction of sp³-hybridized carbons (Fsp3) is 0.250. The molecule has 1 aromatic heterocycles. The fourth-order valence-corrected chi connectivity index (χ4v) is 3.40. The Kier molecular flexibility index (Phi) is 6.73. The highest BCUT2D eigenvalue weighted by atomic mass is 35.5. The summed E-state index contributed by atoms with van der Waals surface area (Å²) in [5.41, 5.74) is 5.15. The number of anilines is 1. The highest BCUT2D eigenvalue weighted by Gasteiger charge is 2.14. The van der Waals surface area contributed by atoms with E-state index < -0.39 is 0 Å². The number of carbonyl (C=O) groups excluding carboxylic acids is 1. The Hall–Kier alpha value is -2.92. The zero-order valence-corrected chi connectivity index (χ0v) is 18.3.